The van der Waals surface area contributed by atoms with E-state index in [2.05, 4.69) is 17.4 Å². The van der Waals surface area contributed by atoms with Gasteiger partial charge >= 0.3 is 6.03 Å². The Balaban J connectivity index is 1.65. The van der Waals surface area contributed by atoms with Gasteiger partial charge < -0.3 is 24.4 Å². The summed E-state index contributed by atoms with van der Waals surface area (Å²) in [5.41, 5.74) is 1.16. The van der Waals surface area contributed by atoms with Gasteiger partial charge in [-0.25, -0.2) is 4.79 Å². The van der Waals surface area contributed by atoms with Crippen LogP contribution >= 0.6 is 0 Å². The topological polar surface area (TPSA) is 60.0 Å². The van der Waals surface area contributed by atoms with Gasteiger partial charge in [-0.3, -0.25) is 0 Å². The van der Waals surface area contributed by atoms with Crippen molar-refractivity contribution in [1.29, 1.82) is 0 Å². The molecule has 25 heavy (non-hydrogen) atoms. The Morgan fingerprint density at radius 1 is 1.24 bits per heavy atom. The van der Waals surface area contributed by atoms with Gasteiger partial charge in [-0.1, -0.05) is 25.0 Å². The van der Waals surface area contributed by atoms with E-state index in [0.29, 0.717) is 26.4 Å². The molecule has 2 aliphatic heterocycles. The minimum Gasteiger partial charge on any atom is -0.497 e. The zero-order chi connectivity index (χ0) is 17.5. The first-order valence-corrected chi connectivity index (χ1v) is 9.15. The first-order chi connectivity index (χ1) is 12.3. The van der Waals surface area contributed by atoms with Gasteiger partial charge in [0.1, 0.15) is 5.75 Å². The van der Waals surface area contributed by atoms with Gasteiger partial charge in [-0.05, 0) is 30.5 Å². The Morgan fingerprint density at radius 3 is 2.80 bits per heavy atom. The van der Waals surface area contributed by atoms with Crippen LogP contribution in [0.5, 0.6) is 5.75 Å². The fraction of sp³-hybridized carbons (Fsp3) is 0.632. The fourth-order valence-corrected chi connectivity index (χ4v) is 3.48. The highest BCUT2D eigenvalue weighted by molar-refractivity contribution is 5.74. The van der Waals surface area contributed by atoms with Crippen LogP contribution in [0.1, 0.15) is 37.3 Å². The predicted molar refractivity (Wildman–Crippen MR) is 94.9 cm³/mol. The van der Waals surface area contributed by atoms with E-state index in [1.165, 1.54) is 0 Å². The van der Waals surface area contributed by atoms with Crippen molar-refractivity contribution < 1.29 is 19.0 Å². The molecule has 2 amide bonds. The number of amides is 2. The molecule has 2 heterocycles. The van der Waals surface area contributed by atoms with Crippen LogP contribution < -0.4 is 10.1 Å². The van der Waals surface area contributed by atoms with E-state index in [1.54, 1.807) is 7.11 Å². The van der Waals surface area contributed by atoms with Crippen LogP contribution in [-0.4, -0.2) is 57.1 Å². The lowest BCUT2D eigenvalue weighted by Gasteiger charge is -2.31. The van der Waals surface area contributed by atoms with Gasteiger partial charge in [0, 0.05) is 13.1 Å². The minimum absolute atomic E-state index is 0.0168. The minimum atomic E-state index is -0.0517. The number of methoxy groups -OCH3 is 1. The van der Waals surface area contributed by atoms with E-state index < -0.39 is 0 Å². The third-order valence-electron chi connectivity index (χ3n) is 4.88. The zero-order valence-electron chi connectivity index (χ0n) is 14.9. The Hall–Kier alpha value is -1.79. The lowest BCUT2D eigenvalue weighted by Crippen LogP contribution is -2.46. The van der Waals surface area contributed by atoms with Crippen LogP contribution in [0.2, 0.25) is 0 Å². The van der Waals surface area contributed by atoms with E-state index in [4.69, 9.17) is 14.2 Å². The van der Waals surface area contributed by atoms with Crippen LogP contribution in [0, 0.1) is 0 Å². The van der Waals surface area contributed by atoms with Gasteiger partial charge in [0.05, 0.1) is 39.1 Å². The molecule has 138 valence electrons. The van der Waals surface area contributed by atoms with E-state index >= 15 is 0 Å². The summed E-state index contributed by atoms with van der Waals surface area (Å²) < 4.78 is 16.2. The summed E-state index contributed by atoms with van der Waals surface area (Å²) in [6.45, 7) is 3.05. The molecular formula is C19H28N2O4. The van der Waals surface area contributed by atoms with Gasteiger partial charge in [-0.2, -0.15) is 0 Å². The lowest BCUT2D eigenvalue weighted by atomic mass is 10.0. The first-order valence-electron chi connectivity index (χ1n) is 9.15. The summed E-state index contributed by atoms with van der Waals surface area (Å²) in [5.74, 6) is 0.836. The Morgan fingerprint density at radius 2 is 2.08 bits per heavy atom. The third-order valence-corrected chi connectivity index (χ3v) is 4.88. The van der Waals surface area contributed by atoms with E-state index in [1.807, 2.05) is 17.0 Å². The maximum absolute atomic E-state index is 12.8. The molecule has 6 heteroatoms. The standard InChI is InChI=1S/C19H28N2O4/c1-23-16-8-6-15(7-9-16)18-5-3-2-4-10-21(18)19(22)20-13-17-14-24-11-12-25-17/h6-9,17-18H,2-5,10-14H2,1H3,(H,20,22). The third kappa shape index (κ3) is 4.86. The average molecular weight is 348 g/mol. The number of benzene rings is 1. The second-order valence-electron chi connectivity index (χ2n) is 6.59. The molecule has 3 rings (SSSR count). The van der Waals surface area contributed by atoms with E-state index in [0.717, 1.165) is 43.5 Å². The van der Waals surface area contributed by atoms with Crippen LogP contribution in [0.15, 0.2) is 24.3 Å². The SMILES string of the molecule is COc1ccc(C2CCCCCN2C(=O)NCC2COCCO2)cc1. The Labute approximate surface area is 149 Å². The highest BCUT2D eigenvalue weighted by Crippen LogP contribution is 2.31. The smallest absolute Gasteiger partial charge is 0.318 e. The first kappa shape index (κ1) is 18.0. The summed E-state index contributed by atoms with van der Waals surface area (Å²) in [6, 6.07) is 8.14. The maximum atomic E-state index is 12.8. The number of hydrogen-bond donors (Lipinski definition) is 1. The number of rotatable bonds is 4. The normalized spacial score (nSPS) is 24.4. The highest BCUT2D eigenvalue weighted by Gasteiger charge is 2.27. The molecule has 2 saturated heterocycles. The second kappa shape index (κ2) is 9.06. The number of nitrogens with zero attached hydrogens (tertiary/aromatic N) is 1. The van der Waals surface area contributed by atoms with Gasteiger partial charge in [0.2, 0.25) is 0 Å². The number of ether oxygens (including phenoxy) is 3. The molecule has 0 aromatic heterocycles. The molecule has 0 saturated carbocycles. The Kier molecular flexibility index (Phi) is 6.53. The fourth-order valence-electron chi connectivity index (χ4n) is 3.48. The number of nitrogens with one attached hydrogen (secondary N) is 1. The summed E-state index contributed by atoms with van der Waals surface area (Å²) >= 11 is 0. The molecule has 1 N–H and O–H groups in total. The molecule has 2 fully saturated rings. The zero-order valence-corrected chi connectivity index (χ0v) is 14.9. The molecular weight excluding hydrogens is 320 g/mol. The average Bonchev–Trinajstić information content (AvgIpc) is 2.93. The highest BCUT2D eigenvalue weighted by atomic mass is 16.6. The van der Waals surface area contributed by atoms with Crippen LogP contribution in [-0.2, 0) is 9.47 Å². The van der Waals surface area contributed by atoms with Crippen molar-refractivity contribution in [3.63, 3.8) is 0 Å². The molecule has 0 aliphatic carbocycles. The number of hydrogen-bond acceptors (Lipinski definition) is 4. The quantitative estimate of drug-likeness (QED) is 0.909. The van der Waals surface area contributed by atoms with E-state index in [9.17, 15) is 4.79 Å². The Bertz CT molecular complexity index is 543. The summed E-state index contributed by atoms with van der Waals surface area (Å²) in [7, 11) is 1.66. The summed E-state index contributed by atoms with van der Waals surface area (Å²) in [5, 5.41) is 3.03. The van der Waals surface area contributed by atoms with E-state index in [-0.39, 0.29) is 18.2 Å². The molecule has 2 unspecified atom stereocenters. The van der Waals surface area contributed by atoms with Crippen molar-refractivity contribution in [2.24, 2.45) is 0 Å². The maximum Gasteiger partial charge on any atom is 0.318 e. The molecule has 6 nitrogen and oxygen atoms in total. The van der Waals surface area contributed by atoms with Crippen molar-refractivity contribution in [1.82, 2.24) is 10.2 Å². The van der Waals surface area contributed by atoms with Crippen molar-refractivity contribution >= 4 is 6.03 Å². The largest absolute Gasteiger partial charge is 0.497 e. The number of urea groups is 1. The number of likely N-dealkylation sites (tertiary alicyclic amines) is 1. The van der Waals surface area contributed by atoms with Crippen LogP contribution in [0.25, 0.3) is 0 Å². The van der Waals surface area contributed by atoms with Crippen LogP contribution in [0.3, 0.4) is 0 Å². The van der Waals surface area contributed by atoms with Crippen molar-refractivity contribution in [2.75, 3.05) is 40.0 Å². The van der Waals surface area contributed by atoms with Crippen molar-refractivity contribution in [3.05, 3.63) is 29.8 Å². The molecule has 1 aromatic rings. The predicted octanol–water partition coefficient (Wildman–Crippen LogP) is 2.74. The summed E-state index contributed by atoms with van der Waals surface area (Å²) in [4.78, 5) is 14.8. The molecule has 0 bridgehead atoms. The van der Waals surface area contributed by atoms with Gasteiger partial charge in [-0.15, -0.1) is 0 Å². The monoisotopic (exact) mass is 348 g/mol. The molecule has 2 aliphatic rings. The second-order valence-corrected chi connectivity index (χ2v) is 6.59. The molecule has 0 radical (unpaired) electrons. The van der Waals surface area contributed by atoms with Crippen molar-refractivity contribution in [3.8, 4) is 5.75 Å². The van der Waals surface area contributed by atoms with Gasteiger partial charge in [0.25, 0.3) is 0 Å². The van der Waals surface area contributed by atoms with Gasteiger partial charge in [0.15, 0.2) is 0 Å². The lowest BCUT2D eigenvalue weighted by molar-refractivity contribution is -0.0856. The molecule has 0 spiro atoms. The summed E-state index contributed by atoms with van der Waals surface area (Å²) in [6.07, 6.45) is 4.28. The number of carbonyl (C=O) groups is 1. The number of carbonyl (C=O) groups excluding carboxylic acids is 1. The van der Waals surface area contributed by atoms with Crippen LogP contribution in [0.4, 0.5) is 4.79 Å². The molecule has 2 atom stereocenters. The van der Waals surface area contributed by atoms with Crippen molar-refractivity contribution in [2.45, 2.75) is 37.8 Å². The molecule has 1 aromatic carbocycles.